The second-order valence-electron chi connectivity index (χ2n) is 5.42. The number of carboxylic acid groups (broad SMARTS) is 1. The number of hydrogen-bond acceptors (Lipinski definition) is 6. The molecule has 0 aliphatic carbocycles. The molecule has 0 saturated heterocycles. The molecular formula is C17H17ClN2O5. The third-order valence-electron chi connectivity index (χ3n) is 3.36. The molecule has 0 unspecified atom stereocenters. The number of carbonyl (C=O) groups is 2. The van der Waals surface area contributed by atoms with E-state index < -0.39 is 5.97 Å². The molecular weight excluding hydrogens is 348 g/mol. The summed E-state index contributed by atoms with van der Waals surface area (Å²) in [6.07, 6.45) is 1.48. The molecule has 0 aliphatic rings. The zero-order chi connectivity index (χ0) is 18.7. The minimum Gasteiger partial charge on any atom is -0.495 e. The number of aromatic nitrogens is 1. The Hall–Kier alpha value is -2.80. The molecule has 7 nitrogen and oxygen atoms in total. The van der Waals surface area contributed by atoms with Crippen molar-refractivity contribution in [3.63, 3.8) is 0 Å². The van der Waals surface area contributed by atoms with Gasteiger partial charge in [-0.05, 0) is 13.0 Å². The first-order valence-corrected chi connectivity index (χ1v) is 7.61. The second kappa shape index (κ2) is 7.40. The average molecular weight is 365 g/mol. The molecule has 1 N–H and O–H groups in total. The number of halogens is 1. The third-order valence-corrected chi connectivity index (χ3v) is 3.75. The summed E-state index contributed by atoms with van der Waals surface area (Å²) < 4.78 is 10.4. The van der Waals surface area contributed by atoms with E-state index in [9.17, 15) is 14.7 Å². The molecule has 1 aromatic carbocycles. The summed E-state index contributed by atoms with van der Waals surface area (Å²) in [7, 11) is 4.87. The Morgan fingerprint density at radius 3 is 2.56 bits per heavy atom. The van der Waals surface area contributed by atoms with Gasteiger partial charge in [0.05, 0.1) is 17.7 Å². The molecule has 2 rings (SSSR count). The van der Waals surface area contributed by atoms with Crippen LogP contribution >= 0.6 is 11.6 Å². The number of rotatable bonds is 6. The highest BCUT2D eigenvalue weighted by Crippen LogP contribution is 2.38. The van der Waals surface area contributed by atoms with Crippen LogP contribution in [0, 0.1) is 0 Å². The summed E-state index contributed by atoms with van der Waals surface area (Å²) in [6, 6.07) is 4.89. The molecule has 0 bridgehead atoms. The number of carboxylic acids is 1. The normalized spacial score (nSPS) is 11.3. The average Bonchev–Trinajstić information content (AvgIpc) is 2.97. The van der Waals surface area contributed by atoms with Crippen molar-refractivity contribution in [3.05, 3.63) is 40.7 Å². The van der Waals surface area contributed by atoms with Gasteiger partial charge in [-0.3, -0.25) is 4.79 Å². The quantitative estimate of drug-likeness (QED) is 0.786. The molecule has 25 heavy (non-hydrogen) atoms. The lowest BCUT2D eigenvalue weighted by Gasteiger charge is -2.09. The molecule has 1 heterocycles. The molecule has 0 atom stereocenters. The lowest BCUT2D eigenvalue weighted by atomic mass is 10.0. The Balaban J connectivity index is 2.74. The van der Waals surface area contributed by atoms with E-state index in [-0.39, 0.29) is 33.4 Å². The largest absolute Gasteiger partial charge is 0.495 e. The topological polar surface area (TPSA) is 92.9 Å². The maximum atomic E-state index is 11.9. The van der Waals surface area contributed by atoms with Gasteiger partial charge in [0.25, 0.3) is 0 Å². The van der Waals surface area contributed by atoms with Crippen molar-refractivity contribution in [3.8, 4) is 17.0 Å². The summed E-state index contributed by atoms with van der Waals surface area (Å²) >= 11 is 6.27. The Labute approximate surface area is 149 Å². The fraction of sp³-hybridized carbons (Fsp3) is 0.235. The first-order valence-electron chi connectivity index (χ1n) is 7.23. The van der Waals surface area contributed by atoms with Crippen molar-refractivity contribution in [1.82, 2.24) is 10.1 Å². The molecule has 0 saturated carbocycles. The zero-order valence-corrected chi connectivity index (χ0v) is 14.9. The molecule has 1 aromatic heterocycles. The van der Waals surface area contributed by atoms with Gasteiger partial charge in [-0.2, -0.15) is 0 Å². The number of allylic oxidation sites excluding steroid dienone is 1. The second-order valence-corrected chi connectivity index (χ2v) is 5.80. The molecule has 2 aromatic rings. The van der Waals surface area contributed by atoms with Crippen LogP contribution in [0.4, 0.5) is 0 Å². The smallest absolute Gasteiger partial charge is 0.342 e. The van der Waals surface area contributed by atoms with Gasteiger partial charge < -0.3 is 19.3 Å². The Morgan fingerprint density at radius 2 is 2.04 bits per heavy atom. The number of carbonyl (C=O) groups excluding carboxylic acids is 1. The molecule has 132 valence electrons. The summed E-state index contributed by atoms with van der Waals surface area (Å²) in [4.78, 5) is 25.4. The lowest BCUT2D eigenvalue weighted by Crippen LogP contribution is -2.09. The Morgan fingerprint density at radius 1 is 1.36 bits per heavy atom. The third kappa shape index (κ3) is 3.66. The first kappa shape index (κ1) is 18.5. The van der Waals surface area contributed by atoms with Gasteiger partial charge in [0.1, 0.15) is 17.0 Å². The predicted molar refractivity (Wildman–Crippen MR) is 92.8 cm³/mol. The van der Waals surface area contributed by atoms with E-state index in [1.54, 1.807) is 37.2 Å². The van der Waals surface area contributed by atoms with E-state index >= 15 is 0 Å². The molecule has 0 amide bonds. The lowest BCUT2D eigenvalue weighted by molar-refractivity contribution is -0.111. The number of nitrogens with zero attached hydrogens (tertiary/aromatic N) is 2. The van der Waals surface area contributed by atoms with E-state index in [1.807, 2.05) is 0 Å². The summed E-state index contributed by atoms with van der Waals surface area (Å²) in [5.41, 5.74) is 0.220. The van der Waals surface area contributed by atoms with Gasteiger partial charge in [0.15, 0.2) is 11.5 Å². The van der Waals surface area contributed by atoms with Gasteiger partial charge in [-0.1, -0.05) is 28.9 Å². The number of benzene rings is 1. The van der Waals surface area contributed by atoms with Crippen LogP contribution in [0.2, 0.25) is 5.02 Å². The molecule has 8 heteroatoms. The number of Topliss-reactive ketones (excluding diaryl/α,β-unsaturated/α-hetero) is 1. The van der Waals surface area contributed by atoms with Crippen molar-refractivity contribution in [1.29, 1.82) is 0 Å². The van der Waals surface area contributed by atoms with Crippen LogP contribution in [0.3, 0.4) is 0 Å². The number of ketones is 1. The van der Waals surface area contributed by atoms with E-state index in [2.05, 4.69) is 5.16 Å². The van der Waals surface area contributed by atoms with Crippen LogP contribution in [0.1, 0.15) is 23.0 Å². The summed E-state index contributed by atoms with van der Waals surface area (Å²) in [5.74, 6) is -1.38. The predicted octanol–water partition coefficient (Wildman–Crippen LogP) is 3.19. The molecule has 0 aliphatic heterocycles. The van der Waals surface area contributed by atoms with Crippen molar-refractivity contribution in [2.24, 2.45) is 0 Å². The fourth-order valence-electron chi connectivity index (χ4n) is 2.28. The van der Waals surface area contributed by atoms with Gasteiger partial charge in [-0.25, -0.2) is 4.79 Å². The number of ether oxygens (including phenoxy) is 1. The van der Waals surface area contributed by atoms with Crippen LogP contribution in [-0.4, -0.2) is 48.1 Å². The fourth-order valence-corrected chi connectivity index (χ4v) is 2.57. The minimum atomic E-state index is -1.28. The van der Waals surface area contributed by atoms with E-state index in [4.69, 9.17) is 20.9 Å². The van der Waals surface area contributed by atoms with Crippen molar-refractivity contribution in [2.45, 2.75) is 6.92 Å². The van der Waals surface area contributed by atoms with Crippen LogP contribution in [0.5, 0.6) is 5.75 Å². The summed E-state index contributed by atoms with van der Waals surface area (Å²) in [6.45, 7) is 1.32. The Kier molecular flexibility index (Phi) is 5.48. The number of methoxy groups -OCH3 is 1. The number of hydrogen-bond donors (Lipinski definition) is 1. The van der Waals surface area contributed by atoms with Gasteiger partial charge in [-0.15, -0.1) is 0 Å². The van der Waals surface area contributed by atoms with E-state index in [1.165, 1.54) is 20.2 Å². The minimum absolute atomic E-state index is 0.0253. The number of aromatic carboxylic acids is 1. The standard InChI is InChI=1S/C17H17ClN2O5/c1-9(21)11(8-20(2)3)16-13(17(22)23)15(19-25-16)10-6-5-7-12(24-4)14(10)18/h5-8H,1-4H3,(H,22,23)/b11-8+. The molecule has 0 fully saturated rings. The zero-order valence-electron chi connectivity index (χ0n) is 14.2. The highest BCUT2D eigenvalue weighted by atomic mass is 35.5. The van der Waals surface area contributed by atoms with Gasteiger partial charge in [0.2, 0.25) is 0 Å². The first-order chi connectivity index (χ1) is 11.8. The van der Waals surface area contributed by atoms with Crippen LogP contribution in [0.25, 0.3) is 16.8 Å². The maximum absolute atomic E-state index is 11.9. The molecule has 0 spiro atoms. The van der Waals surface area contributed by atoms with Crippen molar-refractivity contribution >= 4 is 28.9 Å². The van der Waals surface area contributed by atoms with Crippen molar-refractivity contribution < 1.29 is 24.0 Å². The van der Waals surface area contributed by atoms with E-state index in [0.29, 0.717) is 11.3 Å². The monoisotopic (exact) mass is 364 g/mol. The maximum Gasteiger partial charge on any atom is 0.342 e. The Bertz CT molecular complexity index is 855. The van der Waals surface area contributed by atoms with Gasteiger partial charge >= 0.3 is 5.97 Å². The van der Waals surface area contributed by atoms with Gasteiger partial charge in [0, 0.05) is 25.9 Å². The highest BCUT2D eigenvalue weighted by Gasteiger charge is 2.29. The van der Waals surface area contributed by atoms with Crippen molar-refractivity contribution in [2.75, 3.05) is 21.2 Å². The SMILES string of the molecule is COc1cccc(-c2noc(/C(=C/N(C)C)C(C)=O)c2C(=O)O)c1Cl. The highest BCUT2D eigenvalue weighted by molar-refractivity contribution is 6.35. The van der Waals surface area contributed by atoms with Crippen LogP contribution < -0.4 is 4.74 Å². The van der Waals surface area contributed by atoms with E-state index in [0.717, 1.165) is 0 Å². The van der Waals surface area contributed by atoms with Crippen LogP contribution in [0.15, 0.2) is 28.9 Å². The molecule has 0 radical (unpaired) electrons. The summed E-state index contributed by atoms with van der Waals surface area (Å²) in [5, 5.41) is 13.7. The van der Waals surface area contributed by atoms with Crippen LogP contribution in [-0.2, 0) is 4.79 Å².